The van der Waals surface area contributed by atoms with E-state index in [2.05, 4.69) is 15.2 Å². The van der Waals surface area contributed by atoms with Gasteiger partial charge in [0.15, 0.2) is 11.6 Å². The molecule has 0 spiro atoms. The first-order chi connectivity index (χ1) is 12.6. The summed E-state index contributed by atoms with van der Waals surface area (Å²) in [4.78, 5) is 18.2. The highest BCUT2D eigenvalue weighted by Crippen LogP contribution is 2.33. The second-order valence-electron chi connectivity index (χ2n) is 5.89. The number of ether oxygens (including phenoxy) is 2. The van der Waals surface area contributed by atoms with Crippen molar-refractivity contribution < 1.29 is 18.7 Å². The summed E-state index contributed by atoms with van der Waals surface area (Å²) in [6, 6.07) is 8.46. The predicted molar refractivity (Wildman–Crippen MR) is 97.2 cm³/mol. The molecule has 1 amide bonds. The van der Waals surface area contributed by atoms with Crippen molar-refractivity contribution in [3.63, 3.8) is 0 Å². The molecule has 2 heterocycles. The summed E-state index contributed by atoms with van der Waals surface area (Å²) < 4.78 is 24.9. The van der Waals surface area contributed by atoms with Gasteiger partial charge in [0.1, 0.15) is 0 Å². The summed E-state index contributed by atoms with van der Waals surface area (Å²) in [5.74, 6) is 0.252. The minimum Gasteiger partial charge on any atom is -0.491 e. The number of aromatic nitrogens is 1. The molecule has 0 radical (unpaired) electrons. The van der Waals surface area contributed by atoms with Crippen LogP contribution in [0.25, 0.3) is 11.3 Å². The Morgan fingerprint density at radius 1 is 1.27 bits per heavy atom. The van der Waals surface area contributed by atoms with E-state index in [-0.39, 0.29) is 11.7 Å². The van der Waals surface area contributed by atoms with Crippen LogP contribution in [0.3, 0.4) is 0 Å². The van der Waals surface area contributed by atoms with E-state index in [1.54, 1.807) is 25.3 Å². The van der Waals surface area contributed by atoms with Crippen LogP contribution in [0.1, 0.15) is 13.3 Å². The number of pyridine rings is 1. The van der Waals surface area contributed by atoms with Gasteiger partial charge in [0.25, 0.3) is 0 Å². The average molecular weight is 359 g/mol. The predicted octanol–water partition coefficient (Wildman–Crippen LogP) is 2.62. The number of methoxy groups -OCH3 is 1. The largest absolute Gasteiger partial charge is 0.491 e. The molecule has 0 bridgehead atoms. The highest BCUT2D eigenvalue weighted by molar-refractivity contribution is 5.79. The molecule has 1 fully saturated rings. The number of nitrogens with one attached hydrogen (secondary N) is 1. The van der Waals surface area contributed by atoms with Gasteiger partial charge >= 0.3 is 0 Å². The van der Waals surface area contributed by atoms with Gasteiger partial charge in [-0.15, -0.1) is 0 Å². The van der Waals surface area contributed by atoms with Crippen LogP contribution < -0.4 is 19.7 Å². The molecule has 1 aromatic carbocycles. The van der Waals surface area contributed by atoms with E-state index in [9.17, 15) is 9.18 Å². The van der Waals surface area contributed by atoms with Crippen LogP contribution in [0, 0.1) is 5.82 Å². The Morgan fingerprint density at radius 3 is 2.85 bits per heavy atom. The Labute approximate surface area is 151 Å². The van der Waals surface area contributed by atoms with Gasteiger partial charge in [0.05, 0.1) is 25.1 Å². The van der Waals surface area contributed by atoms with Crippen LogP contribution in [0.4, 0.5) is 10.1 Å². The van der Waals surface area contributed by atoms with Gasteiger partial charge in [0.2, 0.25) is 11.8 Å². The highest BCUT2D eigenvalue weighted by Gasteiger charge is 2.20. The normalized spacial score (nSPS) is 14.6. The Balaban J connectivity index is 2.01. The second kappa shape index (κ2) is 8.03. The molecule has 0 unspecified atom stereocenters. The van der Waals surface area contributed by atoms with E-state index < -0.39 is 5.82 Å². The Morgan fingerprint density at radius 2 is 2.12 bits per heavy atom. The van der Waals surface area contributed by atoms with E-state index in [0.29, 0.717) is 49.8 Å². The Hall–Kier alpha value is -2.83. The first kappa shape index (κ1) is 18.0. The molecule has 1 aliphatic heterocycles. The zero-order chi connectivity index (χ0) is 18.5. The summed E-state index contributed by atoms with van der Waals surface area (Å²) in [6.45, 7) is 4.00. The fraction of sp³-hybridized carbons (Fsp3) is 0.368. The second-order valence-corrected chi connectivity index (χ2v) is 5.89. The van der Waals surface area contributed by atoms with Gasteiger partial charge in [-0.25, -0.2) is 9.37 Å². The van der Waals surface area contributed by atoms with Gasteiger partial charge in [-0.05, 0) is 31.2 Å². The number of amides is 1. The van der Waals surface area contributed by atoms with Gasteiger partial charge in [0, 0.05) is 37.7 Å². The highest BCUT2D eigenvalue weighted by atomic mass is 19.1. The number of hydrogen-bond donors (Lipinski definition) is 1. The number of benzene rings is 1. The molecule has 138 valence electrons. The summed E-state index contributed by atoms with van der Waals surface area (Å²) in [5.41, 5.74) is 2.08. The molecule has 0 aliphatic carbocycles. The van der Waals surface area contributed by atoms with Crippen molar-refractivity contribution in [3.05, 3.63) is 36.1 Å². The fourth-order valence-electron chi connectivity index (χ4n) is 2.94. The van der Waals surface area contributed by atoms with Gasteiger partial charge < -0.3 is 19.7 Å². The smallest absolute Gasteiger partial charge is 0.221 e. The van der Waals surface area contributed by atoms with Gasteiger partial charge in [-0.1, -0.05) is 0 Å². The van der Waals surface area contributed by atoms with Crippen LogP contribution in [-0.2, 0) is 4.79 Å². The van der Waals surface area contributed by atoms with Gasteiger partial charge in [-0.3, -0.25) is 4.79 Å². The quantitative estimate of drug-likeness (QED) is 0.889. The summed E-state index contributed by atoms with van der Waals surface area (Å²) in [5, 5.41) is 2.85. The minimum atomic E-state index is -0.437. The number of carbonyl (C=O) groups excluding carboxylic acids is 1. The lowest BCUT2D eigenvalue weighted by Gasteiger charge is -2.24. The number of halogens is 1. The molecule has 1 aromatic heterocycles. The van der Waals surface area contributed by atoms with Crippen molar-refractivity contribution in [2.24, 2.45) is 0 Å². The summed E-state index contributed by atoms with van der Waals surface area (Å²) >= 11 is 0. The van der Waals surface area contributed by atoms with Crippen LogP contribution in [0.5, 0.6) is 11.6 Å². The molecule has 6 nitrogen and oxygen atoms in total. The number of nitrogens with zero attached hydrogens (tertiary/aromatic N) is 2. The third-order valence-electron chi connectivity index (χ3n) is 4.22. The fourth-order valence-corrected chi connectivity index (χ4v) is 2.94. The molecule has 1 aliphatic rings. The molecular weight excluding hydrogens is 337 g/mol. The van der Waals surface area contributed by atoms with Crippen molar-refractivity contribution in [3.8, 4) is 22.9 Å². The van der Waals surface area contributed by atoms with Gasteiger partial charge in [-0.2, -0.15) is 0 Å². The van der Waals surface area contributed by atoms with E-state index in [1.165, 1.54) is 6.07 Å². The topological polar surface area (TPSA) is 63.7 Å². The number of carbonyl (C=O) groups is 1. The van der Waals surface area contributed by atoms with Crippen LogP contribution >= 0.6 is 0 Å². The minimum absolute atomic E-state index is 0.0302. The average Bonchev–Trinajstić information content (AvgIpc) is 2.87. The first-order valence-electron chi connectivity index (χ1n) is 8.61. The molecule has 0 saturated carbocycles. The SMILES string of the molecule is CCOc1ccc(-c2nc(OC)ccc2N2CCNC(=O)CC2)cc1F. The third kappa shape index (κ3) is 3.87. The third-order valence-corrected chi connectivity index (χ3v) is 4.22. The van der Waals surface area contributed by atoms with Crippen molar-refractivity contribution >= 4 is 11.6 Å². The standard InChI is InChI=1S/C19H22FN3O3/c1-3-26-16-6-4-13(12-14(16)20)19-15(5-7-18(22-19)25-2)23-10-8-17(24)21-9-11-23/h4-7,12H,3,8-11H2,1-2H3,(H,21,24). The number of hydrogen-bond acceptors (Lipinski definition) is 5. The lowest BCUT2D eigenvalue weighted by atomic mass is 10.1. The lowest BCUT2D eigenvalue weighted by molar-refractivity contribution is -0.120. The van der Waals surface area contributed by atoms with Crippen LogP contribution in [0.15, 0.2) is 30.3 Å². The molecule has 26 heavy (non-hydrogen) atoms. The first-order valence-corrected chi connectivity index (χ1v) is 8.61. The van der Waals surface area contributed by atoms with E-state index in [1.807, 2.05) is 13.0 Å². The molecule has 3 rings (SSSR count). The summed E-state index contributed by atoms with van der Waals surface area (Å²) in [6.07, 6.45) is 0.406. The van der Waals surface area contributed by atoms with E-state index in [0.717, 1.165) is 5.69 Å². The monoisotopic (exact) mass is 359 g/mol. The zero-order valence-electron chi connectivity index (χ0n) is 14.9. The maximum Gasteiger partial charge on any atom is 0.221 e. The van der Waals surface area contributed by atoms with Crippen molar-refractivity contribution in [1.29, 1.82) is 0 Å². The summed E-state index contributed by atoms with van der Waals surface area (Å²) in [7, 11) is 1.54. The number of anilines is 1. The molecule has 0 atom stereocenters. The molecule has 1 N–H and O–H groups in total. The number of rotatable bonds is 5. The Bertz CT molecular complexity index is 798. The molecular formula is C19H22FN3O3. The van der Waals surface area contributed by atoms with E-state index in [4.69, 9.17) is 9.47 Å². The van der Waals surface area contributed by atoms with Crippen molar-refractivity contribution in [2.75, 3.05) is 38.3 Å². The molecule has 2 aromatic rings. The molecule has 7 heteroatoms. The zero-order valence-corrected chi connectivity index (χ0v) is 14.9. The van der Waals surface area contributed by atoms with Crippen LogP contribution in [-0.4, -0.2) is 44.2 Å². The maximum atomic E-state index is 14.3. The lowest BCUT2D eigenvalue weighted by Crippen LogP contribution is -2.28. The Kier molecular flexibility index (Phi) is 5.55. The van der Waals surface area contributed by atoms with Crippen molar-refractivity contribution in [1.82, 2.24) is 10.3 Å². The van der Waals surface area contributed by atoms with E-state index >= 15 is 0 Å². The van der Waals surface area contributed by atoms with Crippen LogP contribution in [0.2, 0.25) is 0 Å². The molecule has 1 saturated heterocycles. The van der Waals surface area contributed by atoms with Crippen molar-refractivity contribution in [2.45, 2.75) is 13.3 Å². The maximum absolute atomic E-state index is 14.3.